The van der Waals surface area contributed by atoms with Gasteiger partial charge >= 0.3 is 6.09 Å². The minimum absolute atomic E-state index is 0.0317. The standard InChI is InChI=1S/C27H46N6O4S2/c1-8-19(10-11-20(9-2)31-27(36)37-14-22-12-28-16-39-22)29-24(34)23(17(3)4)32-26(35)33(7)13-21-15-38-25(30-21)18(5)6/h12,15-20,23,26,32,35H,8-11,13-14H2,1-7H3,(H,29,34)(H,31,36)/t19-,20-,23-,26?/m0/s1. The molecule has 0 aliphatic carbocycles. The molecule has 12 heteroatoms. The van der Waals surface area contributed by atoms with Crippen LogP contribution in [0.2, 0.25) is 0 Å². The SMILES string of the molecule is CC[C@@H](CC[C@H](CC)NC(=O)[C@@H](NC(O)N(C)Cc1csc(C(C)C)n1)C(C)C)NC(=O)OCc1cncs1. The number of aliphatic hydroxyl groups is 1. The van der Waals surface area contributed by atoms with Crippen LogP contribution in [0.3, 0.4) is 0 Å². The highest BCUT2D eigenvalue weighted by Crippen LogP contribution is 2.20. The number of amides is 2. The third kappa shape index (κ3) is 11.5. The number of thiazole rings is 2. The van der Waals surface area contributed by atoms with Gasteiger partial charge in [-0.15, -0.1) is 22.7 Å². The molecule has 2 aromatic heterocycles. The zero-order chi connectivity index (χ0) is 28.9. The fourth-order valence-corrected chi connectivity index (χ4v) is 5.30. The Hall–Kier alpha value is -2.12. The molecular weight excluding hydrogens is 536 g/mol. The molecule has 1 unspecified atom stereocenters. The van der Waals surface area contributed by atoms with Crippen LogP contribution < -0.4 is 16.0 Å². The van der Waals surface area contributed by atoms with Gasteiger partial charge in [0.25, 0.3) is 0 Å². The molecular formula is C27H46N6O4S2. The van der Waals surface area contributed by atoms with Gasteiger partial charge in [-0.05, 0) is 38.6 Å². The molecule has 4 atom stereocenters. The summed E-state index contributed by atoms with van der Waals surface area (Å²) in [6, 6.07) is -0.676. The highest BCUT2D eigenvalue weighted by atomic mass is 32.1. The quantitative estimate of drug-likeness (QED) is 0.202. The summed E-state index contributed by atoms with van der Waals surface area (Å²) in [6.07, 6.45) is 3.17. The van der Waals surface area contributed by atoms with Gasteiger partial charge in [0.2, 0.25) is 5.91 Å². The monoisotopic (exact) mass is 582 g/mol. The van der Waals surface area contributed by atoms with Gasteiger partial charge in [-0.1, -0.05) is 41.5 Å². The van der Waals surface area contributed by atoms with E-state index in [1.807, 2.05) is 33.1 Å². The zero-order valence-corrected chi connectivity index (χ0v) is 25.9. The normalized spacial score (nSPS) is 14.8. The number of nitrogens with one attached hydrogen (secondary N) is 3. The fourth-order valence-electron chi connectivity index (χ4n) is 3.97. The van der Waals surface area contributed by atoms with Crippen molar-refractivity contribution < 1.29 is 19.4 Å². The predicted molar refractivity (Wildman–Crippen MR) is 156 cm³/mol. The fraction of sp³-hybridized carbons (Fsp3) is 0.704. The Morgan fingerprint density at radius 2 is 1.74 bits per heavy atom. The van der Waals surface area contributed by atoms with Crippen LogP contribution in [0.5, 0.6) is 0 Å². The maximum Gasteiger partial charge on any atom is 0.407 e. The predicted octanol–water partition coefficient (Wildman–Crippen LogP) is 4.42. The minimum Gasteiger partial charge on any atom is -0.444 e. The highest BCUT2D eigenvalue weighted by molar-refractivity contribution is 7.09. The molecule has 0 aliphatic heterocycles. The number of nitrogens with zero attached hydrogens (tertiary/aromatic N) is 3. The summed E-state index contributed by atoms with van der Waals surface area (Å²) in [5.74, 6) is 0.185. The van der Waals surface area contributed by atoms with Crippen molar-refractivity contribution in [2.75, 3.05) is 7.05 Å². The van der Waals surface area contributed by atoms with Crippen molar-refractivity contribution in [2.24, 2.45) is 5.92 Å². The number of aliphatic hydroxyl groups excluding tert-OH is 1. The molecule has 2 amide bonds. The Labute approximate surface area is 241 Å². The van der Waals surface area contributed by atoms with Crippen LogP contribution in [-0.4, -0.2) is 63.5 Å². The van der Waals surface area contributed by atoms with E-state index in [1.165, 1.54) is 11.3 Å². The van der Waals surface area contributed by atoms with Crippen LogP contribution in [0.4, 0.5) is 4.79 Å². The summed E-state index contributed by atoms with van der Waals surface area (Å²) < 4.78 is 5.29. The van der Waals surface area contributed by atoms with Crippen LogP contribution in [0.15, 0.2) is 17.1 Å². The summed E-state index contributed by atoms with van der Waals surface area (Å²) in [7, 11) is 1.80. The smallest absolute Gasteiger partial charge is 0.407 e. The number of hydrogen-bond donors (Lipinski definition) is 4. The van der Waals surface area contributed by atoms with Crippen molar-refractivity contribution in [3.8, 4) is 0 Å². The number of hydrogen-bond acceptors (Lipinski definition) is 10. The van der Waals surface area contributed by atoms with Crippen molar-refractivity contribution in [3.05, 3.63) is 32.7 Å². The molecule has 220 valence electrons. The summed E-state index contributed by atoms with van der Waals surface area (Å²) >= 11 is 3.06. The molecule has 2 aromatic rings. The lowest BCUT2D eigenvalue weighted by Gasteiger charge is -2.31. The molecule has 39 heavy (non-hydrogen) atoms. The molecule has 2 rings (SSSR count). The molecule has 10 nitrogen and oxygen atoms in total. The van der Waals surface area contributed by atoms with E-state index in [1.54, 1.807) is 35.0 Å². The van der Waals surface area contributed by atoms with Crippen LogP contribution >= 0.6 is 22.7 Å². The third-order valence-corrected chi connectivity index (χ3v) is 8.46. The molecule has 0 saturated carbocycles. The van der Waals surface area contributed by atoms with Crippen LogP contribution in [-0.2, 0) is 22.7 Å². The molecule has 0 saturated heterocycles. The molecule has 0 spiro atoms. The van der Waals surface area contributed by atoms with Gasteiger partial charge in [0.15, 0.2) is 6.35 Å². The van der Waals surface area contributed by atoms with Crippen molar-refractivity contribution in [1.29, 1.82) is 0 Å². The zero-order valence-electron chi connectivity index (χ0n) is 24.3. The van der Waals surface area contributed by atoms with E-state index in [-0.39, 0.29) is 30.5 Å². The van der Waals surface area contributed by atoms with Gasteiger partial charge < -0.3 is 20.5 Å². The van der Waals surface area contributed by atoms with E-state index in [2.05, 4.69) is 39.8 Å². The van der Waals surface area contributed by atoms with E-state index in [0.717, 1.165) is 28.4 Å². The first-order chi connectivity index (χ1) is 18.5. The maximum absolute atomic E-state index is 13.2. The third-order valence-electron chi connectivity index (χ3n) is 6.52. The number of aromatic nitrogens is 2. The average molecular weight is 583 g/mol. The first-order valence-corrected chi connectivity index (χ1v) is 15.5. The molecule has 0 aliphatic rings. The van der Waals surface area contributed by atoms with Crippen LogP contribution in [0.25, 0.3) is 0 Å². The minimum atomic E-state index is -1.00. The largest absolute Gasteiger partial charge is 0.444 e. The van der Waals surface area contributed by atoms with Crippen LogP contribution in [0.1, 0.15) is 88.7 Å². The van der Waals surface area contributed by atoms with Gasteiger partial charge in [0, 0.05) is 36.1 Å². The Morgan fingerprint density at radius 1 is 1.08 bits per heavy atom. The van der Waals surface area contributed by atoms with E-state index >= 15 is 0 Å². The molecule has 4 N–H and O–H groups in total. The van der Waals surface area contributed by atoms with Gasteiger partial charge in [-0.3, -0.25) is 20.0 Å². The summed E-state index contributed by atoms with van der Waals surface area (Å²) in [5, 5.41) is 23.0. The molecule has 0 radical (unpaired) electrons. The van der Waals surface area contributed by atoms with E-state index < -0.39 is 18.5 Å². The van der Waals surface area contributed by atoms with Crippen molar-refractivity contribution in [2.45, 2.75) is 111 Å². The van der Waals surface area contributed by atoms with E-state index in [4.69, 9.17) is 4.74 Å². The van der Waals surface area contributed by atoms with Crippen molar-refractivity contribution in [1.82, 2.24) is 30.8 Å². The Balaban J connectivity index is 1.84. The summed E-state index contributed by atoms with van der Waals surface area (Å²) in [4.78, 5) is 36.7. The highest BCUT2D eigenvalue weighted by Gasteiger charge is 2.28. The Bertz CT molecular complexity index is 985. The first-order valence-electron chi connectivity index (χ1n) is 13.7. The number of carbonyl (C=O) groups is 2. The summed E-state index contributed by atoms with van der Waals surface area (Å²) in [6.45, 7) is 12.8. The number of rotatable bonds is 17. The topological polar surface area (TPSA) is 129 Å². The van der Waals surface area contributed by atoms with Crippen LogP contribution in [0, 0.1) is 5.92 Å². The number of ether oxygens (including phenoxy) is 1. The average Bonchev–Trinajstić information content (AvgIpc) is 3.59. The second kappa shape index (κ2) is 16.9. The first kappa shape index (κ1) is 33.1. The van der Waals surface area contributed by atoms with E-state index in [9.17, 15) is 14.7 Å². The van der Waals surface area contributed by atoms with Gasteiger partial charge in [0.1, 0.15) is 6.61 Å². The maximum atomic E-state index is 13.2. The second-order valence-electron chi connectivity index (χ2n) is 10.5. The molecule has 2 heterocycles. The second-order valence-corrected chi connectivity index (χ2v) is 12.4. The lowest BCUT2D eigenvalue weighted by Crippen LogP contribution is -2.56. The number of alkyl carbamates (subject to hydrolysis) is 1. The molecule has 0 fully saturated rings. The van der Waals surface area contributed by atoms with E-state index in [0.29, 0.717) is 25.3 Å². The number of carbonyl (C=O) groups excluding carboxylic acids is 2. The van der Waals surface area contributed by atoms with Gasteiger partial charge in [-0.25, -0.2) is 9.78 Å². The Kier molecular flexibility index (Phi) is 14.3. The summed E-state index contributed by atoms with van der Waals surface area (Å²) in [5.41, 5.74) is 2.60. The molecule has 0 aromatic carbocycles. The molecule has 0 bridgehead atoms. The van der Waals surface area contributed by atoms with Gasteiger partial charge in [0.05, 0.1) is 27.1 Å². The van der Waals surface area contributed by atoms with Crippen molar-refractivity contribution >= 4 is 34.7 Å². The van der Waals surface area contributed by atoms with Crippen molar-refractivity contribution in [3.63, 3.8) is 0 Å². The lowest BCUT2D eigenvalue weighted by atomic mass is 10.00. The Morgan fingerprint density at radius 3 is 2.28 bits per heavy atom. The van der Waals surface area contributed by atoms with Gasteiger partial charge in [-0.2, -0.15) is 0 Å². The lowest BCUT2D eigenvalue weighted by molar-refractivity contribution is -0.128.